The van der Waals surface area contributed by atoms with Gasteiger partial charge >= 0.3 is 0 Å². The third-order valence-corrected chi connectivity index (χ3v) is 5.41. The van der Waals surface area contributed by atoms with Crippen LogP contribution in [0, 0.1) is 17.8 Å². The second-order valence-electron chi connectivity index (χ2n) is 5.94. The first-order valence-corrected chi connectivity index (χ1v) is 8.60. The number of alkyl halides is 1. The topological polar surface area (TPSA) is 0 Å². The van der Waals surface area contributed by atoms with Gasteiger partial charge in [-0.15, -0.1) is 0 Å². The van der Waals surface area contributed by atoms with Gasteiger partial charge in [0.25, 0.3) is 0 Å². The SMILES string of the molecule is BrCCC(C1CCCCC1)C1CCCCC1. The molecule has 94 valence electrons. The Morgan fingerprint density at radius 3 is 1.56 bits per heavy atom. The first-order valence-electron chi connectivity index (χ1n) is 7.48. The van der Waals surface area contributed by atoms with Crippen LogP contribution in [0.2, 0.25) is 0 Å². The second-order valence-corrected chi connectivity index (χ2v) is 6.73. The van der Waals surface area contributed by atoms with Gasteiger partial charge in [-0.3, -0.25) is 0 Å². The molecule has 1 heteroatoms. The molecule has 0 aliphatic heterocycles. The van der Waals surface area contributed by atoms with Gasteiger partial charge in [0.05, 0.1) is 0 Å². The van der Waals surface area contributed by atoms with Crippen molar-refractivity contribution < 1.29 is 0 Å². The fraction of sp³-hybridized carbons (Fsp3) is 1.00. The summed E-state index contributed by atoms with van der Waals surface area (Å²) in [4.78, 5) is 0. The van der Waals surface area contributed by atoms with E-state index in [-0.39, 0.29) is 0 Å². The summed E-state index contributed by atoms with van der Waals surface area (Å²) in [5, 5.41) is 1.23. The summed E-state index contributed by atoms with van der Waals surface area (Å²) < 4.78 is 0. The van der Waals surface area contributed by atoms with E-state index in [0.717, 1.165) is 17.8 Å². The van der Waals surface area contributed by atoms with E-state index in [1.807, 2.05) is 0 Å². The largest absolute Gasteiger partial charge is 0.0928 e. The zero-order valence-electron chi connectivity index (χ0n) is 10.6. The first kappa shape index (κ1) is 12.9. The van der Waals surface area contributed by atoms with E-state index < -0.39 is 0 Å². The number of rotatable bonds is 4. The molecule has 0 spiro atoms. The van der Waals surface area contributed by atoms with Crippen LogP contribution in [0.4, 0.5) is 0 Å². The van der Waals surface area contributed by atoms with E-state index in [1.165, 1.54) is 76.0 Å². The molecule has 0 nitrogen and oxygen atoms in total. The lowest BCUT2D eigenvalue weighted by molar-refractivity contribution is 0.141. The zero-order chi connectivity index (χ0) is 11.2. The van der Waals surface area contributed by atoms with Crippen molar-refractivity contribution in [3.63, 3.8) is 0 Å². The molecular weight excluding hydrogens is 260 g/mol. The summed E-state index contributed by atoms with van der Waals surface area (Å²) >= 11 is 3.68. The molecule has 0 amide bonds. The highest BCUT2D eigenvalue weighted by Crippen LogP contribution is 2.41. The fourth-order valence-electron chi connectivity index (χ4n) is 4.11. The van der Waals surface area contributed by atoms with Crippen LogP contribution >= 0.6 is 15.9 Å². The molecule has 2 fully saturated rings. The van der Waals surface area contributed by atoms with E-state index in [4.69, 9.17) is 0 Å². The summed E-state index contributed by atoms with van der Waals surface area (Å²) in [6.45, 7) is 0. The Balaban J connectivity index is 1.91. The van der Waals surface area contributed by atoms with E-state index in [9.17, 15) is 0 Å². The van der Waals surface area contributed by atoms with Crippen molar-refractivity contribution in [2.24, 2.45) is 17.8 Å². The Kier molecular flexibility index (Phi) is 5.68. The summed E-state index contributed by atoms with van der Waals surface area (Å²) in [7, 11) is 0. The molecule has 0 aromatic rings. The van der Waals surface area contributed by atoms with Gasteiger partial charge < -0.3 is 0 Å². The van der Waals surface area contributed by atoms with Gasteiger partial charge in [-0.2, -0.15) is 0 Å². The maximum absolute atomic E-state index is 3.68. The molecular formula is C15H27Br. The predicted molar refractivity (Wildman–Crippen MR) is 75.1 cm³/mol. The Morgan fingerprint density at radius 1 is 0.750 bits per heavy atom. The molecule has 2 aliphatic rings. The maximum atomic E-state index is 3.68. The third kappa shape index (κ3) is 3.48. The lowest BCUT2D eigenvalue weighted by atomic mass is 9.69. The van der Waals surface area contributed by atoms with Crippen LogP contribution in [-0.2, 0) is 0 Å². The lowest BCUT2D eigenvalue weighted by Gasteiger charge is -2.37. The third-order valence-electron chi connectivity index (χ3n) is 4.95. The minimum absolute atomic E-state index is 1.06. The molecule has 0 aromatic heterocycles. The highest BCUT2D eigenvalue weighted by Gasteiger charge is 2.30. The molecule has 0 bridgehead atoms. The van der Waals surface area contributed by atoms with Gasteiger partial charge in [-0.25, -0.2) is 0 Å². The summed E-state index contributed by atoms with van der Waals surface area (Å²) in [6.07, 6.45) is 16.6. The van der Waals surface area contributed by atoms with E-state index in [2.05, 4.69) is 15.9 Å². The highest BCUT2D eigenvalue weighted by atomic mass is 79.9. The zero-order valence-corrected chi connectivity index (χ0v) is 12.2. The van der Waals surface area contributed by atoms with E-state index >= 15 is 0 Å². The lowest BCUT2D eigenvalue weighted by Crippen LogP contribution is -2.27. The van der Waals surface area contributed by atoms with Gasteiger partial charge in [0.1, 0.15) is 0 Å². The van der Waals surface area contributed by atoms with Crippen LogP contribution in [-0.4, -0.2) is 5.33 Å². The summed E-state index contributed by atoms with van der Waals surface area (Å²) in [6, 6.07) is 0. The van der Waals surface area contributed by atoms with Gasteiger partial charge in [-0.1, -0.05) is 80.1 Å². The highest BCUT2D eigenvalue weighted by molar-refractivity contribution is 9.09. The minimum Gasteiger partial charge on any atom is -0.0928 e. The van der Waals surface area contributed by atoms with Gasteiger partial charge in [0, 0.05) is 5.33 Å². The Morgan fingerprint density at radius 2 is 1.19 bits per heavy atom. The number of halogens is 1. The summed E-state index contributed by atoms with van der Waals surface area (Å²) in [5.41, 5.74) is 0. The van der Waals surface area contributed by atoms with Crippen molar-refractivity contribution in [2.75, 3.05) is 5.33 Å². The van der Waals surface area contributed by atoms with E-state index in [0.29, 0.717) is 0 Å². The predicted octanol–water partition coefficient (Wildman–Crippen LogP) is 5.55. The molecule has 0 radical (unpaired) electrons. The molecule has 2 rings (SSSR count). The minimum atomic E-state index is 1.06. The van der Waals surface area contributed by atoms with Crippen molar-refractivity contribution in [2.45, 2.75) is 70.6 Å². The first-order chi connectivity index (χ1) is 7.92. The maximum Gasteiger partial charge on any atom is 0.00341 e. The average Bonchev–Trinajstić information content (AvgIpc) is 2.38. The Hall–Kier alpha value is 0.480. The Bertz CT molecular complexity index is 160. The molecule has 0 heterocycles. The average molecular weight is 287 g/mol. The molecule has 2 aliphatic carbocycles. The van der Waals surface area contributed by atoms with Crippen molar-refractivity contribution in [3.8, 4) is 0 Å². The van der Waals surface area contributed by atoms with Gasteiger partial charge in [0.15, 0.2) is 0 Å². The molecule has 0 atom stereocenters. The second kappa shape index (κ2) is 7.03. The van der Waals surface area contributed by atoms with Crippen molar-refractivity contribution >= 4 is 15.9 Å². The normalized spacial score (nSPS) is 25.1. The van der Waals surface area contributed by atoms with Crippen molar-refractivity contribution in [1.82, 2.24) is 0 Å². The molecule has 16 heavy (non-hydrogen) atoms. The van der Waals surface area contributed by atoms with E-state index in [1.54, 1.807) is 0 Å². The molecule has 0 unspecified atom stereocenters. The fourth-order valence-corrected chi connectivity index (χ4v) is 4.64. The molecule has 0 N–H and O–H groups in total. The number of hydrogen-bond acceptors (Lipinski definition) is 0. The van der Waals surface area contributed by atoms with Crippen LogP contribution in [0.15, 0.2) is 0 Å². The van der Waals surface area contributed by atoms with Crippen LogP contribution in [0.1, 0.15) is 70.6 Å². The Labute approximate surface area is 110 Å². The summed E-state index contributed by atoms with van der Waals surface area (Å²) in [5.74, 6) is 3.21. The smallest absolute Gasteiger partial charge is 0.00341 e. The molecule has 0 saturated heterocycles. The number of hydrogen-bond donors (Lipinski definition) is 0. The van der Waals surface area contributed by atoms with Gasteiger partial charge in [-0.05, 0) is 24.2 Å². The van der Waals surface area contributed by atoms with Crippen LogP contribution in [0.3, 0.4) is 0 Å². The van der Waals surface area contributed by atoms with Crippen LogP contribution < -0.4 is 0 Å². The van der Waals surface area contributed by atoms with Crippen LogP contribution in [0.25, 0.3) is 0 Å². The van der Waals surface area contributed by atoms with Crippen molar-refractivity contribution in [3.05, 3.63) is 0 Å². The standard InChI is InChI=1S/C15H27Br/c16-12-11-15(13-7-3-1-4-8-13)14-9-5-2-6-10-14/h13-15H,1-12H2. The molecule has 2 saturated carbocycles. The molecule has 0 aromatic carbocycles. The van der Waals surface area contributed by atoms with Gasteiger partial charge in [0.2, 0.25) is 0 Å². The quantitative estimate of drug-likeness (QED) is 0.595. The monoisotopic (exact) mass is 286 g/mol. The van der Waals surface area contributed by atoms with Crippen LogP contribution in [0.5, 0.6) is 0 Å². The van der Waals surface area contributed by atoms with Crippen molar-refractivity contribution in [1.29, 1.82) is 0 Å².